The van der Waals surface area contributed by atoms with Gasteiger partial charge in [0.15, 0.2) is 17.3 Å². The van der Waals surface area contributed by atoms with Crippen molar-refractivity contribution < 1.29 is 39.1 Å². The highest BCUT2D eigenvalue weighted by molar-refractivity contribution is 5.94. The minimum atomic E-state index is -0.908. The molecule has 0 spiro atoms. The highest BCUT2D eigenvalue weighted by atomic mass is 16.5. The number of rotatable bonds is 3. The number of esters is 1. The summed E-state index contributed by atoms with van der Waals surface area (Å²) in [4.78, 5) is 25.4. The molecule has 9 nitrogen and oxygen atoms in total. The molecule has 3 aromatic carbocycles. The summed E-state index contributed by atoms with van der Waals surface area (Å²) < 4.78 is 16.5. The molecule has 0 fully saturated rings. The minimum Gasteiger partial charge on any atom is -0.507 e. The molecule has 0 saturated heterocycles. The van der Waals surface area contributed by atoms with Crippen LogP contribution in [0.5, 0.6) is 34.5 Å². The molecule has 172 valence electrons. The summed E-state index contributed by atoms with van der Waals surface area (Å²) >= 11 is 0. The predicted molar refractivity (Wildman–Crippen MR) is 120 cm³/mol. The zero-order valence-corrected chi connectivity index (χ0v) is 17.7. The van der Waals surface area contributed by atoms with Crippen molar-refractivity contribution in [1.29, 1.82) is 0 Å². The van der Waals surface area contributed by atoms with Crippen molar-refractivity contribution in [2.75, 3.05) is 7.11 Å². The van der Waals surface area contributed by atoms with Gasteiger partial charge in [-0.1, -0.05) is 12.1 Å². The van der Waals surface area contributed by atoms with Crippen LogP contribution in [0.15, 0.2) is 57.7 Å². The van der Waals surface area contributed by atoms with Crippen LogP contribution in [0.2, 0.25) is 0 Å². The maximum Gasteiger partial charge on any atom is 0.312 e. The van der Waals surface area contributed by atoms with Crippen molar-refractivity contribution in [3.63, 3.8) is 0 Å². The van der Waals surface area contributed by atoms with Crippen LogP contribution in [0.25, 0.3) is 22.3 Å². The first-order chi connectivity index (χ1) is 16.3. The molecule has 0 amide bonds. The number of phenols is 3. The number of aromatic hydroxyl groups is 4. The van der Waals surface area contributed by atoms with E-state index >= 15 is 0 Å². The third kappa shape index (κ3) is 3.25. The van der Waals surface area contributed by atoms with Crippen LogP contribution in [0.1, 0.15) is 23.5 Å². The maximum absolute atomic E-state index is 13.1. The number of phenolic OH excluding ortho intramolecular Hbond substituents is 3. The summed E-state index contributed by atoms with van der Waals surface area (Å²) in [6, 6.07) is 11.8. The molecule has 4 N–H and O–H groups in total. The molecule has 0 radical (unpaired) electrons. The van der Waals surface area contributed by atoms with Crippen LogP contribution < -0.4 is 14.9 Å². The van der Waals surface area contributed by atoms with E-state index in [-0.39, 0.29) is 34.5 Å². The second-order valence-electron chi connectivity index (χ2n) is 7.83. The van der Waals surface area contributed by atoms with Crippen molar-refractivity contribution in [3.8, 4) is 45.8 Å². The Bertz CT molecular complexity index is 1520. The van der Waals surface area contributed by atoms with Crippen LogP contribution >= 0.6 is 0 Å². The van der Waals surface area contributed by atoms with Gasteiger partial charge in [-0.05, 0) is 35.9 Å². The normalized spacial score (nSPS) is 15.1. The van der Waals surface area contributed by atoms with Crippen molar-refractivity contribution in [3.05, 3.63) is 69.9 Å². The van der Waals surface area contributed by atoms with Gasteiger partial charge in [-0.15, -0.1) is 0 Å². The van der Waals surface area contributed by atoms with Gasteiger partial charge in [0.25, 0.3) is 0 Å². The highest BCUT2D eigenvalue weighted by Crippen LogP contribution is 2.47. The molecule has 0 unspecified atom stereocenters. The summed E-state index contributed by atoms with van der Waals surface area (Å²) in [5, 5.41) is 40.3. The Balaban J connectivity index is 1.82. The second kappa shape index (κ2) is 7.73. The van der Waals surface area contributed by atoms with Gasteiger partial charge in [0.1, 0.15) is 28.2 Å². The topological polar surface area (TPSA) is 147 Å². The number of fused-ring (bicyclic) bond motifs is 3. The lowest BCUT2D eigenvalue weighted by Gasteiger charge is -2.26. The van der Waals surface area contributed by atoms with E-state index in [1.54, 1.807) is 24.3 Å². The number of ether oxygens (including phenoxy) is 2. The van der Waals surface area contributed by atoms with E-state index in [9.17, 15) is 30.0 Å². The molecular formula is C25H18O9. The van der Waals surface area contributed by atoms with Gasteiger partial charge >= 0.3 is 5.97 Å². The molecule has 2 heterocycles. The first-order valence-corrected chi connectivity index (χ1v) is 10.2. The molecule has 1 aromatic heterocycles. The Morgan fingerprint density at radius 2 is 1.65 bits per heavy atom. The monoisotopic (exact) mass is 462 g/mol. The molecule has 0 bridgehead atoms. The summed E-state index contributed by atoms with van der Waals surface area (Å²) in [5.41, 5.74) is 0.185. The fourth-order valence-electron chi connectivity index (χ4n) is 4.16. The molecular weight excluding hydrogens is 444 g/mol. The highest BCUT2D eigenvalue weighted by Gasteiger charge is 2.34. The first-order valence-electron chi connectivity index (χ1n) is 10.2. The van der Waals surface area contributed by atoms with Crippen molar-refractivity contribution >= 4 is 16.9 Å². The van der Waals surface area contributed by atoms with Gasteiger partial charge in [-0.25, -0.2) is 0 Å². The van der Waals surface area contributed by atoms with E-state index in [4.69, 9.17) is 13.9 Å². The summed E-state index contributed by atoms with van der Waals surface area (Å²) in [6.07, 6.45) is -0.0564. The molecule has 0 saturated carbocycles. The number of benzene rings is 3. The van der Waals surface area contributed by atoms with Crippen LogP contribution in [0, 0.1) is 0 Å². The molecule has 1 aliphatic heterocycles. The predicted octanol–water partition coefficient (Wildman–Crippen LogP) is 3.73. The zero-order valence-electron chi connectivity index (χ0n) is 17.7. The minimum absolute atomic E-state index is 0.0235. The Labute approximate surface area is 191 Å². The quantitative estimate of drug-likeness (QED) is 0.203. The number of carbonyl (C=O) groups excluding carboxylic acids is 1. The average molecular weight is 462 g/mol. The van der Waals surface area contributed by atoms with E-state index in [1.165, 1.54) is 19.2 Å². The standard InChI is InChI=1S/C25H18O9/c1-32-13-5-2-11(3-6-13)14-9-19(29)33-18-10-17(28)21-22(30)23(31)24(34-25(21)20(14)18)12-4-7-15(26)16(27)8-12/h2-8,10,14,26-28,31H,9H2,1H3/t14-/m0/s1. The van der Waals surface area contributed by atoms with Gasteiger partial charge in [0, 0.05) is 23.1 Å². The van der Waals surface area contributed by atoms with Crippen molar-refractivity contribution in [2.24, 2.45) is 0 Å². The van der Waals surface area contributed by atoms with Gasteiger partial charge in [0.2, 0.25) is 11.2 Å². The van der Waals surface area contributed by atoms with Crippen LogP contribution in [-0.4, -0.2) is 33.5 Å². The number of hydrogen-bond donors (Lipinski definition) is 4. The molecule has 1 aliphatic rings. The lowest BCUT2D eigenvalue weighted by molar-refractivity contribution is -0.135. The molecule has 1 atom stereocenters. The lowest BCUT2D eigenvalue weighted by atomic mass is 9.85. The molecule has 34 heavy (non-hydrogen) atoms. The Morgan fingerprint density at radius 3 is 2.32 bits per heavy atom. The third-order valence-electron chi connectivity index (χ3n) is 5.82. The fourth-order valence-corrected chi connectivity index (χ4v) is 4.16. The smallest absolute Gasteiger partial charge is 0.312 e. The van der Waals surface area contributed by atoms with E-state index in [0.29, 0.717) is 16.9 Å². The third-order valence-corrected chi connectivity index (χ3v) is 5.82. The van der Waals surface area contributed by atoms with Crippen molar-refractivity contribution in [1.82, 2.24) is 0 Å². The molecule has 5 rings (SSSR count). The first kappa shape index (κ1) is 21.2. The average Bonchev–Trinajstić information content (AvgIpc) is 2.82. The Hall–Kier alpha value is -4.66. The van der Waals surface area contributed by atoms with E-state index in [1.807, 2.05) is 0 Å². The van der Waals surface area contributed by atoms with Crippen LogP contribution in [-0.2, 0) is 4.79 Å². The number of methoxy groups -OCH3 is 1. The van der Waals surface area contributed by atoms with E-state index in [0.717, 1.165) is 12.1 Å². The van der Waals surface area contributed by atoms with Gasteiger partial charge < -0.3 is 34.3 Å². The molecule has 0 aliphatic carbocycles. The van der Waals surface area contributed by atoms with E-state index < -0.39 is 40.3 Å². The van der Waals surface area contributed by atoms with Crippen LogP contribution in [0.3, 0.4) is 0 Å². The summed E-state index contributed by atoms with van der Waals surface area (Å²) in [6.45, 7) is 0. The second-order valence-corrected chi connectivity index (χ2v) is 7.83. The maximum atomic E-state index is 13.1. The molecule has 4 aromatic rings. The lowest BCUT2D eigenvalue weighted by Crippen LogP contribution is -2.22. The summed E-state index contributed by atoms with van der Waals surface area (Å²) in [7, 11) is 1.53. The van der Waals surface area contributed by atoms with E-state index in [2.05, 4.69) is 0 Å². The zero-order chi connectivity index (χ0) is 24.1. The van der Waals surface area contributed by atoms with Crippen molar-refractivity contribution in [2.45, 2.75) is 12.3 Å². The Morgan fingerprint density at radius 1 is 0.912 bits per heavy atom. The van der Waals surface area contributed by atoms with Crippen LogP contribution in [0.4, 0.5) is 0 Å². The van der Waals surface area contributed by atoms with Gasteiger partial charge in [-0.3, -0.25) is 9.59 Å². The van der Waals surface area contributed by atoms with Gasteiger partial charge in [0.05, 0.1) is 13.5 Å². The SMILES string of the molecule is COc1ccc([C@@H]2CC(=O)Oc3cc(O)c4c(=O)c(O)c(-c5ccc(O)c(O)c5)oc4c32)cc1. The number of carbonyl (C=O) groups is 1. The largest absolute Gasteiger partial charge is 0.507 e. The van der Waals surface area contributed by atoms with Gasteiger partial charge in [-0.2, -0.15) is 0 Å². The summed E-state index contributed by atoms with van der Waals surface area (Å²) in [5.74, 6) is -2.96. The fraction of sp³-hybridized carbons (Fsp3) is 0.120. The Kier molecular flexibility index (Phi) is 4.82. The molecule has 9 heteroatoms. The number of hydrogen-bond acceptors (Lipinski definition) is 9.